The van der Waals surface area contributed by atoms with Crippen molar-refractivity contribution >= 4 is 11.9 Å². The lowest BCUT2D eigenvalue weighted by molar-refractivity contribution is -0.252. The van der Waals surface area contributed by atoms with Crippen LogP contribution in [0.25, 0.3) is 0 Å². The molecular weight excluding hydrogens is 660 g/mol. The van der Waals surface area contributed by atoms with Gasteiger partial charge in [-0.2, -0.15) is 0 Å². The zero-order chi connectivity index (χ0) is 37.3. The highest BCUT2D eigenvalue weighted by Crippen LogP contribution is 2.57. The van der Waals surface area contributed by atoms with E-state index >= 15 is 0 Å². The third-order valence-corrected chi connectivity index (χ3v) is 10.4. The second-order valence-electron chi connectivity index (χ2n) is 14.1. The van der Waals surface area contributed by atoms with E-state index in [0.29, 0.717) is 104 Å². The van der Waals surface area contributed by atoms with Gasteiger partial charge in [-0.3, -0.25) is 0 Å². The lowest BCUT2D eigenvalue weighted by Gasteiger charge is -2.60. The highest BCUT2D eigenvalue weighted by Gasteiger charge is 2.59. The molecule has 0 bridgehead atoms. The molecule has 0 aromatic heterocycles. The van der Waals surface area contributed by atoms with Gasteiger partial charge in [0.1, 0.15) is 13.2 Å². The average molecular weight is 729 g/mol. The molecule has 12 heteroatoms. The Morgan fingerprint density at radius 1 is 0.510 bits per heavy atom. The molecule has 0 N–H and O–H groups in total. The van der Waals surface area contributed by atoms with Crippen LogP contribution in [0.2, 0.25) is 0 Å². The molecule has 2 aliphatic rings. The molecule has 2 saturated carbocycles. The van der Waals surface area contributed by atoms with Crippen LogP contribution in [0.5, 0.6) is 0 Å². The van der Waals surface area contributed by atoms with Gasteiger partial charge in [-0.05, 0) is 63.2 Å². The first kappa shape index (κ1) is 45.3. The van der Waals surface area contributed by atoms with Crippen molar-refractivity contribution in [1.82, 2.24) is 0 Å². The molecule has 0 aromatic rings. The van der Waals surface area contributed by atoms with Gasteiger partial charge in [0.2, 0.25) is 0 Å². The summed E-state index contributed by atoms with van der Waals surface area (Å²) in [6, 6.07) is 0. The standard InChI is InChI=1S/C39H68O12/c1-7-35(40)48-29-25-44-21-17-42-19-23-46-27-31-50-38(13-9-33(3)10-14-38)37(5,6)39(15-11-34(4)12-16-39)51-32-28-47-24-20-43-18-22-45-26-30-49-36(41)8-2/h7-8,33-34H,1-2,9-32H2,3-6H3. The average Bonchev–Trinajstić information content (AvgIpc) is 3.13. The van der Waals surface area contributed by atoms with Crippen molar-refractivity contribution in [3.63, 3.8) is 0 Å². The Bertz CT molecular complexity index is 880. The van der Waals surface area contributed by atoms with E-state index in [1.165, 1.54) is 0 Å². The van der Waals surface area contributed by atoms with Crippen molar-refractivity contribution in [3.8, 4) is 0 Å². The third-order valence-electron chi connectivity index (χ3n) is 10.4. The molecule has 0 aliphatic heterocycles. The molecule has 2 rings (SSSR count). The SMILES string of the molecule is C=CC(=O)OCCOCCOCCOCCOC1(C(C)(C)C2(OCCOCCOCCOCCOC(=O)C=C)CCC(C)CC2)CCC(C)CC1. The van der Waals surface area contributed by atoms with Crippen molar-refractivity contribution in [2.24, 2.45) is 17.3 Å². The van der Waals surface area contributed by atoms with Gasteiger partial charge in [0.15, 0.2) is 0 Å². The van der Waals surface area contributed by atoms with Crippen molar-refractivity contribution < 1.29 is 57.0 Å². The van der Waals surface area contributed by atoms with Crippen LogP contribution < -0.4 is 0 Å². The summed E-state index contributed by atoms with van der Waals surface area (Å²) < 4.78 is 57.4. The lowest BCUT2D eigenvalue weighted by atomic mass is 9.54. The minimum atomic E-state index is -0.455. The van der Waals surface area contributed by atoms with E-state index in [4.69, 9.17) is 47.4 Å². The molecule has 0 radical (unpaired) electrons. The van der Waals surface area contributed by atoms with Gasteiger partial charge in [0, 0.05) is 17.6 Å². The number of esters is 2. The predicted molar refractivity (Wildman–Crippen MR) is 194 cm³/mol. The molecule has 0 amide bonds. The summed E-state index contributed by atoms with van der Waals surface area (Å²) in [6.07, 6.45) is 10.9. The van der Waals surface area contributed by atoms with E-state index in [-0.39, 0.29) is 29.8 Å². The molecule has 2 aliphatic carbocycles. The van der Waals surface area contributed by atoms with Crippen molar-refractivity contribution in [1.29, 1.82) is 0 Å². The summed E-state index contributed by atoms with van der Waals surface area (Å²) in [5, 5.41) is 0. The Labute approximate surface area is 307 Å². The first-order valence-electron chi connectivity index (χ1n) is 18.9. The topological polar surface area (TPSA) is 126 Å². The zero-order valence-electron chi connectivity index (χ0n) is 32.1. The van der Waals surface area contributed by atoms with Gasteiger partial charge in [-0.15, -0.1) is 0 Å². The fourth-order valence-electron chi connectivity index (χ4n) is 6.97. The van der Waals surface area contributed by atoms with Crippen LogP contribution in [0.4, 0.5) is 0 Å². The van der Waals surface area contributed by atoms with Crippen molar-refractivity contribution in [2.75, 3.05) is 106 Å². The predicted octanol–water partition coefficient (Wildman–Crippen LogP) is 5.50. The second-order valence-corrected chi connectivity index (χ2v) is 14.1. The van der Waals surface area contributed by atoms with E-state index in [9.17, 15) is 9.59 Å². The molecule has 0 unspecified atom stereocenters. The van der Waals surface area contributed by atoms with E-state index in [1.807, 2.05) is 0 Å². The van der Waals surface area contributed by atoms with E-state index < -0.39 is 11.9 Å². The molecule has 0 atom stereocenters. The molecule has 0 saturated heterocycles. The molecule has 0 heterocycles. The van der Waals surface area contributed by atoms with Gasteiger partial charge < -0.3 is 47.4 Å². The number of rotatable bonds is 30. The smallest absolute Gasteiger partial charge is 0.330 e. The summed E-state index contributed by atoms with van der Waals surface area (Å²) in [4.78, 5) is 22.0. The normalized spacial score (nSPS) is 23.8. The zero-order valence-corrected chi connectivity index (χ0v) is 32.1. The Hall–Kier alpha value is -1.90. The first-order valence-corrected chi connectivity index (χ1v) is 18.9. The fourth-order valence-corrected chi connectivity index (χ4v) is 6.97. The number of ether oxygens (including phenoxy) is 10. The molecule has 296 valence electrons. The van der Waals surface area contributed by atoms with Crippen molar-refractivity contribution in [3.05, 3.63) is 25.3 Å². The Morgan fingerprint density at radius 2 is 0.765 bits per heavy atom. The van der Waals surface area contributed by atoms with Gasteiger partial charge >= 0.3 is 11.9 Å². The van der Waals surface area contributed by atoms with E-state index in [0.717, 1.165) is 63.5 Å². The number of hydrogen-bond acceptors (Lipinski definition) is 12. The van der Waals surface area contributed by atoms with Gasteiger partial charge in [0.25, 0.3) is 0 Å². The van der Waals surface area contributed by atoms with Crippen LogP contribution in [-0.4, -0.2) is 129 Å². The first-order chi connectivity index (χ1) is 24.6. The lowest BCUT2D eigenvalue weighted by Crippen LogP contribution is -2.63. The van der Waals surface area contributed by atoms with Crippen LogP contribution in [0.15, 0.2) is 25.3 Å². The van der Waals surface area contributed by atoms with Gasteiger partial charge in [0.05, 0.1) is 104 Å². The third kappa shape index (κ3) is 16.8. The van der Waals surface area contributed by atoms with Gasteiger partial charge in [-0.1, -0.05) is 40.9 Å². The Balaban J connectivity index is 1.76. The maximum atomic E-state index is 11.0. The maximum absolute atomic E-state index is 11.0. The van der Waals surface area contributed by atoms with E-state index in [2.05, 4.69) is 40.9 Å². The quantitative estimate of drug-likeness (QED) is 0.0527. The summed E-state index contributed by atoms with van der Waals surface area (Å²) in [5.74, 6) is 0.460. The maximum Gasteiger partial charge on any atom is 0.330 e. The van der Waals surface area contributed by atoms with Crippen LogP contribution >= 0.6 is 0 Å². The molecule has 12 nitrogen and oxygen atoms in total. The number of carbonyl (C=O) groups excluding carboxylic acids is 2. The monoisotopic (exact) mass is 728 g/mol. The van der Waals surface area contributed by atoms with Gasteiger partial charge in [-0.25, -0.2) is 9.59 Å². The van der Waals surface area contributed by atoms with Crippen LogP contribution in [-0.2, 0) is 57.0 Å². The number of hydrogen-bond donors (Lipinski definition) is 0. The summed E-state index contributed by atoms with van der Waals surface area (Å²) in [6.45, 7) is 22.8. The minimum Gasteiger partial charge on any atom is -0.460 e. The molecule has 51 heavy (non-hydrogen) atoms. The van der Waals surface area contributed by atoms with Crippen molar-refractivity contribution in [2.45, 2.75) is 90.3 Å². The summed E-state index contributed by atoms with van der Waals surface area (Å²) in [5.41, 5.74) is -0.830. The molecule has 0 aromatic carbocycles. The fraction of sp³-hybridized carbons (Fsp3) is 0.846. The summed E-state index contributed by atoms with van der Waals surface area (Å²) in [7, 11) is 0. The number of carbonyl (C=O) groups is 2. The van der Waals surface area contributed by atoms with E-state index in [1.54, 1.807) is 0 Å². The second kappa shape index (κ2) is 26.0. The summed E-state index contributed by atoms with van der Waals surface area (Å²) >= 11 is 0. The minimum absolute atomic E-state index is 0.196. The largest absolute Gasteiger partial charge is 0.460 e. The van der Waals surface area contributed by atoms with Crippen LogP contribution in [0, 0.1) is 17.3 Å². The Morgan fingerprint density at radius 3 is 1.04 bits per heavy atom. The highest BCUT2D eigenvalue weighted by atomic mass is 16.6. The molecular formula is C39H68O12. The molecule has 2 fully saturated rings. The molecule has 0 spiro atoms. The van der Waals surface area contributed by atoms with Crippen LogP contribution in [0.1, 0.15) is 79.1 Å². The highest BCUT2D eigenvalue weighted by molar-refractivity contribution is 5.81. The Kier molecular flexibility index (Phi) is 23.0. The van der Waals surface area contributed by atoms with Crippen LogP contribution in [0.3, 0.4) is 0 Å².